The molecule has 19 heavy (non-hydrogen) atoms. The highest BCUT2D eigenvalue weighted by molar-refractivity contribution is 5.95. The lowest BCUT2D eigenvalue weighted by Crippen LogP contribution is -2.49. The summed E-state index contributed by atoms with van der Waals surface area (Å²) < 4.78 is 1.93. The number of hydrogen-bond acceptors (Lipinski definition) is 2. The van der Waals surface area contributed by atoms with Crippen LogP contribution in [0.25, 0.3) is 0 Å². The predicted octanol–water partition coefficient (Wildman–Crippen LogP) is 2.05. The lowest BCUT2D eigenvalue weighted by Gasteiger charge is -2.27. The molecule has 1 fully saturated rings. The van der Waals surface area contributed by atoms with Gasteiger partial charge in [-0.05, 0) is 30.4 Å². The van der Waals surface area contributed by atoms with Crippen molar-refractivity contribution in [3.8, 4) is 0 Å². The van der Waals surface area contributed by atoms with Gasteiger partial charge in [-0.25, -0.2) is 4.79 Å². The van der Waals surface area contributed by atoms with E-state index in [-0.39, 0.29) is 5.91 Å². The standard InChI is InChI=1S/C14H20N2O3/c1-14(2,3)11(13(18)19)15-12(17)10-5-4-8-16(10)9-6-7-9/h4-5,8-9,11H,6-7H2,1-3H3,(H,15,17)(H,18,19)/t11-/m1/s1. The maximum Gasteiger partial charge on any atom is 0.326 e. The molecule has 1 aromatic heterocycles. The highest BCUT2D eigenvalue weighted by atomic mass is 16.4. The average molecular weight is 264 g/mol. The van der Waals surface area contributed by atoms with Gasteiger partial charge >= 0.3 is 5.97 Å². The molecule has 2 rings (SSSR count). The molecule has 5 nitrogen and oxygen atoms in total. The number of amides is 1. The Kier molecular flexibility index (Phi) is 3.39. The minimum atomic E-state index is -1.01. The Morgan fingerprint density at radius 3 is 2.53 bits per heavy atom. The number of hydrogen-bond donors (Lipinski definition) is 2. The first-order valence-electron chi connectivity index (χ1n) is 6.51. The molecule has 0 aliphatic heterocycles. The summed E-state index contributed by atoms with van der Waals surface area (Å²) in [7, 11) is 0. The fourth-order valence-corrected chi connectivity index (χ4v) is 2.11. The second-order valence-electron chi connectivity index (χ2n) is 6.14. The van der Waals surface area contributed by atoms with Crippen LogP contribution in [0.3, 0.4) is 0 Å². The minimum Gasteiger partial charge on any atom is -0.480 e. The SMILES string of the molecule is CC(C)(C)[C@H](NC(=O)c1cccn1C1CC1)C(=O)O. The van der Waals surface area contributed by atoms with E-state index in [1.54, 1.807) is 26.8 Å². The van der Waals surface area contributed by atoms with E-state index < -0.39 is 17.4 Å². The molecule has 0 radical (unpaired) electrons. The van der Waals surface area contributed by atoms with Crippen molar-refractivity contribution >= 4 is 11.9 Å². The van der Waals surface area contributed by atoms with Crippen molar-refractivity contribution in [1.29, 1.82) is 0 Å². The number of nitrogens with zero attached hydrogens (tertiary/aromatic N) is 1. The molecule has 0 aromatic carbocycles. The predicted molar refractivity (Wildman–Crippen MR) is 71.0 cm³/mol. The second-order valence-corrected chi connectivity index (χ2v) is 6.14. The van der Waals surface area contributed by atoms with Crippen LogP contribution in [0.4, 0.5) is 0 Å². The second kappa shape index (κ2) is 4.72. The number of aliphatic carboxylic acids is 1. The first-order valence-corrected chi connectivity index (χ1v) is 6.51. The van der Waals surface area contributed by atoms with Crippen molar-refractivity contribution in [3.05, 3.63) is 24.0 Å². The van der Waals surface area contributed by atoms with Crippen molar-refractivity contribution in [2.24, 2.45) is 5.41 Å². The number of rotatable bonds is 4. The third-order valence-electron chi connectivity index (χ3n) is 3.34. The zero-order valence-electron chi connectivity index (χ0n) is 11.5. The normalized spacial score (nSPS) is 17.0. The molecule has 0 spiro atoms. The molecular weight excluding hydrogens is 244 g/mol. The minimum absolute atomic E-state index is 0.320. The Morgan fingerprint density at radius 1 is 1.42 bits per heavy atom. The molecule has 0 unspecified atom stereocenters. The Labute approximate surface area is 112 Å². The fraction of sp³-hybridized carbons (Fsp3) is 0.571. The number of carbonyl (C=O) groups is 2. The number of aromatic nitrogens is 1. The van der Waals surface area contributed by atoms with Crippen LogP contribution in [0, 0.1) is 5.41 Å². The van der Waals surface area contributed by atoms with Crippen LogP contribution >= 0.6 is 0 Å². The van der Waals surface area contributed by atoms with E-state index in [1.165, 1.54) is 0 Å². The van der Waals surface area contributed by atoms with E-state index in [0.717, 1.165) is 12.8 Å². The third kappa shape index (κ3) is 2.97. The van der Waals surface area contributed by atoms with Gasteiger partial charge in [0.1, 0.15) is 11.7 Å². The maximum atomic E-state index is 12.2. The quantitative estimate of drug-likeness (QED) is 0.874. The molecule has 1 amide bonds. The van der Waals surface area contributed by atoms with Gasteiger partial charge in [0.2, 0.25) is 0 Å². The molecule has 1 atom stereocenters. The summed E-state index contributed by atoms with van der Waals surface area (Å²) in [6, 6.07) is 3.05. The Bertz CT molecular complexity index is 495. The van der Waals surface area contributed by atoms with Gasteiger partial charge in [-0.15, -0.1) is 0 Å². The number of carboxylic acids is 1. The summed E-state index contributed by atoms with van der Waals surface area (Å²) in [5.41, 5.74) is 0.0105. The molecule has 1 heterocycles. The molecule has 1 saturated carbocycles. The molecule has 1 aliphatic carbocycles. The van der Waals surface area contributed by atoms with Crippen molar-refractivity contribution < 1.29 is 14.7 Å². The Morgan fingerprint density at radius 2 is 2.05 bits per heavy atom. The number of carbonyl (C=O) groups excluding carboxylic acids is 1. The van der Waals surface area contributed by atoms with Gasteiger partial charge in [-0.1, -0.05) is 20.8 Å². The van der Waals surface area contributed by atoms with Gasteiger partial charge in [0.05, 0.1) is 0 Å². The van der Waals surface area contributed by atoms with E-state index in [0.29, 0.717) is 11.7 Å². The Hall–Kier alpha value is -1.78. The molecular formula is C14H20N2O3. The first kappa shape index (κ1) is 13.6. The molecule has 1 aromatic rings. The molecule has 104 valence electrons. The van der Waals surface area contributed by atoms with Gasteiger partial charge in [0.25, 0.3) is 5.91 Å². The fourth-order valence-electron chi connectivity index (χ4n) is 2.11. The van der Waals surface area contributed by atoms with Crippen LogP contribution in [-0.2, 0) is 4.79 Å². The van der Waals surface area contributed by atoms with Gasteiger partial charge in [0, 0.05) is 12.2 Å². The van der Waals surface area contributed by atoms with Crippen molar-refractivity contribution in [2.75, 3.05) is 0 Å². The number of nitrogens with one attached hydrogen (secondary N) is 1. The molecule has 2 N–H and O–H groups in total. The van der Waals surface area contributed by atoms with E-state index in [2.05, 4.69) is 5.32 Å². The van der Waals surface area contributed by atoms with E-state index >= 15 is 0 Å². The molecule has 5 heteroatoms. The van der Waals surface area contributed by atoms with Crippen LogP contribution in [-0.4, -0.2) is 27.6 Å². The lowest BCUT2D eigenvalue weighted by molar-refractivity contribution is -0.142. The molecule has 0 saturated heterocycles. The summed E-state index contributed by atoms with van der Waals surface area (Å²) in [5, 5.41) is 11.8. The van der Waals surface area contributed by atoms with Crippen LogP contribution in [0.2, 0.25) is 0 Å². The summed E-state index contributed by atoms with van der Waals surface area (Å²) in [6.45, 7) is 5.39. The van der Waals surface area contributed by atoms with Crippen LogP contribution in [0.5, 0.6) is 0 Å². The lowest BCUT2D eigenvalue weighted by atomic mass is 9.86. The summed E-state index contributed by atoms with van der Waals surface area (Å²) in [4.78, 5) is 23.5. The van der Waals surface area contributed by atoms with Crippen molar-refractivity contribution in [1.82, 2.24) is 9.88 Å². The van der Waals surface area contributed by atoms with E-state index in [9.17, 15) is 14.7 Å². The van der Waals surface area contributed by atoms with Crippen LogP contribution in [0.1, 0.15) is 50.1 Å². The van der Waals surface area contributed by atoms with Gasteiger partial charge in [-0.2, -0.15) is 0 Å². The van der Waals surface area contributed by atoms with Crippen molar-refractivity contribution in [2.45, 2.75) is 45.7 Å². The zero-order chi connectivity index (χ0) is 14.2. The van der Waals surface area contributed by atoms with Gasteiger partial charge in [0.15, 0.2) is 0 Å². The van der Waals surface area contributed by atoms with Crippen LogP contribution in [0.15, 0.2) is 18.3 Å². The molecule has 0 bridgehead atoms. The summed E-state index contributed by atoms with van der Waals surface area (Å²) >= 11 is 0. The smallest absolute Gasteiger partial charge is 0.326 e. The monoisotopic (exact) mass is 264 g/mol. The summed E-state index contributed by atoms with van der Waals surface area (Å²) in [6.07, 6.45) is 4.03. The highest BCUT2D eigenvalue weighted by Gasteiger charge is 2.34. The summed E-state index contributed by atoms with van der Waals surface area (Å²) in [5.74, 6) is -1.33. The van der Waals surface area contributed by atoms with E-state index in [4.69, 9.17) is 0 Å². The highest BCUT2D eigenvalue weighted by Crippen LogP contribution is 2.36. The van der Waals surface area contributed by atoms with Gasteiger partial charge in [-0.3, -0.25) is 4.79 Å². The maximum absolute atomic E-state index is 12.2. The molecule has 1 aliphatic rings. The third-order valence-corrected chi connectivity index (χ3v) is 3.34. The average Bonchev–Trinajstić information content (AvgIpc) is 3.01. The number of carboxylic acid groups (broad SMARTS) is 1. The largest absolute Gasteiger partial charge is 0.480 e. The zero-order valence-corrected chi connectivity index (χ0v) is 11.5. The van der Waals surface area contributed by atoms with Crippen LogP contribution < -0.4 is 5.32 Å². The van der Waals surface area contributed by atoms with E-state index in [1.807, 2.05) is 16.8 Å². The topological polar surface area (TPSA) is 71.3 Å². The first-order chi connectivity index (χ1) is 8.80. The Balaban J connectivity index is 2.15. The van der Waals surface area contributed by atoms with Gasteiger partial charge < -0.3 is 15.0 Å². The van der Waals surface area contributed by atoms with Crippen molar-refractivity contribution in [3.63, 3.8) is 0 Å².